The van der Waals surface area contributed by atoms with Gasteiger partial charge in [-0.15, -0.1) is 0 Å². The van der Waals surface area contributed by atoms with E-state index in [4.69, 9.17) is 5.26 Å². The second kappa shape index (κ2) is 6.00. The third-order valence-electron chi connectivity index (χ3n) is 2.54. The summed E-state index contributed by atoms with van der Waals surface area (Å²) < 4.78 is 0. The summed E-state index contributed by atoms with van der Waals surface area (Å²) >= 11 is 0. The molecule has 90 valence electrons. The lowest BCUT2D eigenvalue weighted by atomic mass is 10.1. The Morgan fingerprint density at radius 1 is 1.59 bits per heavy atom. The summed E-state index contributed by atoms with van der Waals surface area (Å²) in [5, 5.41) is 11.7. The minimum atomic E-state index is -0.182. The highest BCUT2D eigenvalue weighted by molar-refractivity contribution is 5.92. The third kappa shape index (κ3) is 3.56. The van der Waals surface area contributed by atoms with Gasteiger partial charge in [0.25, 0.3) is 5.91 Å². The van der Waals surface area contributed by atoms with Crippen LogP contribution in [0.25, 0.3) is 0 Å². The van der Waals surface area contributed by atoms with E-state index in [9.17, 15) is 4.79 Å². The number of pyridine rings is 1. The average molecular weight is 231 g/mol. The van der Waals surface area contributed by atoms with Crippen molar-refractivity contribution in [2.24, 2.45) is 0 Å². The van der Waals surface area contributed by atoms with Gasteiger partial charge in [-0.2, -0.15) is 5.26 Å². The highest BCUT2D eigenvalue weighted by Gasteiger charge is 2.11. The van der Waals surface area contributed by atoms with Gasteiger partial charge in [0.15, 0.2) is 0 Å². The van der Waals surface area contributed by atoms with Crippen molar-refractivity contribution in [2.45, 2.75) is 39.7 Å². The fraction of sp³-hybridized carbons (Fsp3) is 0.462. The van der Waals surface area contributed by atoms with Gasteiger partial charge in [-0.3, -0.25) is 4.79 Å². The Morgan fingerprint density at radius 2 is 2.29 bits per heavy atom. The first-order chi connectivity index (χ1) is 8.08. The van der Waals surface area contributed by atoms with Gasteiger partial charge in [0.1, 0.15) is 11.8 Å². The molecule has 1 heterocycles. The van der Waals surface area contributed by atoms with Gasteiger partial charge in [-0.25, -0.2) is 4.98 Å². The van der Waals surface area contributed by atoms with Crippen LogP contribution < -0.4 is 5.32 Å². The predicted octanol–water partition coefficient (Wildman–Crippen LogP) is 2.18. The maximum absolute atomic E-state index is 11.8. The summed E-state index contributed by atoms with van der Waals surface area (Å²) in [6.07, 6.45) is 1.97. The lowest BCUT2D eigenvalue weighted by Gasteiger charge is -2.12. The van der Waals surface area contributed by atoms with Crippen molar-refractivity contribution < 1.29 is 4.79 Å². The van der Waals surface area contributed by atoms with Crippen molar-refractivity contribution in [1.29, 1.82) is 5.26 Å². The molecule has 0 saturated heterocycles. The summed E-state index contributed by atoms with van der Waals surface area (Å²) in [5.41, 5.74) is 1.45. The lowest BCUT2D eigenvalue weighted by Crippen LogP contribution is -2.33. The van der Waals surface area contributed by atoms with Crippen LogP contribution in [0.3, 0.4) is 0 Å². The Morgan fingerprint density at radius 3 is 2.82 bits per heavy atom. The molecule has 4 heteroatoms. The second-order valence-electron chi connectivity index (χ2n) is 4.10. The molecular weight excluding hydrogens is 214 g/mol. The molecule has 1 amide bonds. The number of amides is 1. The molecule has 0 fully saturated rings. The Balaban J connectivity index is 2.77. The van der Waals surface area contributed by atoms with E-state index in [0.717, 1.165) is 12.8 Å². The van der Waals surface area contributed by atoms with Crippen molar-refractivity contribution in [3.63, 3.8) is 0 Å². The van der Waals surface area contributed by atoms with Crippen LogP contribution >= 0.6 is 0 Å². The Bertz CT molecular complexity index is 448. The van der Waals surface area contributed by atoms with E-state index in [1.807, 2.05) is 13.0 Å². The molecule has 0 spiro atoms. The number of aromatic nitrogens is 1. The topological polar surface area (TPSA) is 65.8 Å². The molecule has 1 aromatic heterocycles. The van der Waals surface area contributed by atoms with E-state index < -0.39 is 0 Å². The Labute approximate surface area is 102 Å². The lowest BCUT2D eigenvalue weighted by molar-refractivity contribution is 0.0933. The van der Waals surface area contributed by atoms with Crippen LogP contribution in [0.15, 0.2) is 12.1 Å². The first-order valence-corrected chi connectivity index (χ1v) is 5.77. The van der Waals surface area contributed by atoms with Crippen LogP contribution in [-0.4, -0.2) is 16.9 Å². The molecule has 0 aromatic carbocycles. The number of hydrogen-bond donors (Lipinski definition) is 1. The first-order valence-electron chi connectivity index (χ1n) is 5.77. The van der Waals surface area contributed by atoms with Crippen LogP contribution in [0, 0.1) is 18.3 Å². The fourth-order valence-corrected chi connectivity index (χ4v) is 1.61. The van der Waals surface area contributed by atoms with E-state index >= 15 is 0 Å². The maximum Gasteiger partial charge on any atom is 0.270 e. The number of nitrogens with one attached hydrogen (secondary N) is 1. The van der Waals surface area contributed by atoms with Gasteiger partial charge < -0.3 is 5.32 Å². The number of aryl methyl sites for hydroxylation is 1. The van der Waals surface area contributed by atoms with Gasteiger partial charge in [-0.1, -0.05) is 13.3 Å². The highest BCUT2D eigenvalue weighted by Crippen LogP contribution is 2.06. The van der Waals surface area contributed by atoms with Crippen LogP contribution in [0.1, 0.15) is 48.4 Å². The molecule has 1 rings (SSSR count). The monoisotopic (exact) mass is 231 g/mol. The summed E-state index contributed by atoms with van der Waals surface area (Å²) in [6, 6.07) is 5.38. The molecule has 1 N–H and O–H groups in total. The van der Waals surface area contributed by atoms with Crippen molar-refractivity contribution in [1.82, 2.24) is 10.3 Å². The minimum absolute atomic E-state index is 0.144. The summed E-state index contributed by atoms with van der Waals surface area (Å²) in [4.78, 5) is 15.9. The van der Waals surface area contributed by atoms with Gasteiger partial charge in [-0.05, 0) is 32.4 Å². The molecule has 17 heavy (non-hydrogen) atoms. The quantitative estimate of drug-likeness (QED) is 0.863. The predicted molar refractivity (Wildman–Crippen MR) is 65.5 cm³/mol. The largest absolute Gasteiger partial charge is 0.348 e. The fourth-order valence-electron chi connectivity index (χ4n) is 1.61. The van der Waals surface area contributed by atoms with E-state index in [0.29, 0.717) is 17.0 Å². The third-order valence-corrected chi connectivity index (χ3v) is 2.54. The summed E-state index contributed by atoms with van der Waals surface area (Å²) in [7, 11) is 0. The summed E-state index contributed by atoms with van der Waals surface area (Å²) in [5.74, 6) is -0.182. The standard InChI is InChI=1S/C13H17N3O/c1-4-5-9(2)15-13(17)12-7-6-11(8-14)10(3)16-12/h6-7,9H,4-5H2,1-3H3,(H,15,17). The zero-order valence-corrected chi connectivity index (χ0v) is 10.4. The number of rotatable bonds is 4. The van der Waals surface area contributed by atoms with E-state index in [2.05, 4.69) is 17.2 Å². The molecule has 0 aliphatic rings. The van der Waals surface area contributed by atoms with Crippen molar-refractivity contribution in [3.8, 4) is 6.07 Å². The van der Waals surface area contributed by atoms with E-state index in [1.165, 1.54) is 0 Å². The first kappa shape index (κ1) is 13.2. The SMILES string of the molecule is CCCC(C)NC(=O)c1ccc(C#N)c(C)n1. The van der Waals surface area contributed by atoms with Gasteiger partial charge >= 0.3 is 0 Å². The van der Waals surface area contributed by atoms with Crippen LogP contribution in [0.5, 0.6) is 0 Å². The molecule has 1 unspecified atom stereocenters. The van der Waals surface area contributed by atoms with E-state index in [1.54, 1.807) is 19.1 Å². The van der Waals surface area contributed by atoms with Crippen molar-refractivity contribution in [2.75, 3.05) is 0 Å². The normalized spacial score (nSPS) is 11.6. The molecule has 0 saturated carbocycles. The summed E-state index contributed by atoms with van der Waals surface area (Å²) in [6.45, 7) is 5.77. The molecule has 1 aromatic rings. The van der Waals surface area contributed by atoms with Crippen LogP contribution in [0.4, 0.5) is 0 Å². The van der Waals surface area contributed by atoms with Crippen LogP contribution in [-0.2, 0) is 0 Å². The number of nitrogens with zero attached hydrogens (tertiary/aromatic N) is 2. The maximum atomic E-state index is 11.8. The molecular formula is C13H17N3O. The van der Waals surface area contributed by atoms with Crippen LogP contribution in [0.2, 0.25) is 0 Å². The Kier molecular flexibility index (Phi) is 4.65. The van der Waals surface area contributed by atoms with Gasteiger partial charge in [0, 0.05) is 6.04 Å². The zero-order valence-electron chi connectivity index (χ0n) is 10.4. The second-order valence-corrected chi connectivity index (χ2v) is 4.10. The average Bonchev–Trinajstić information content (AvgIpc) is 2.29. The van der Waals surface area contributed by atoms with E-state index in [-0.39, 0.29) is 11.9 Å². The Hall–Kier alpha value is -1.89. The minimum Gasteiger partial charge on any atom is -0.348 e. The highest BCUT2D eigenvalue weighted by atomic mass is 16.1. The smallest absolute Gasteiger partial charge is 0.270 e. The number of carbonyl (C=O) groups excluding carboxylic acids is 1. The zero-order chi connectivity index (χ0) is 12.8. The molecule has 0 bridgehead atoms. The van der Waals surface area contributed by atoms with Crippen molar-refractivity contribution in [3.05, 3.63) is 29.1 Å². The number of carbonyl (C=O) groups is 1. The van der Waals surface area contributed by atoms with Gasteiger partial charge in [0.2, 0.25) is 0 Å². The molecule has 1 atom stereocenters. The number of nitriles is 1. The molecule has 0 radical (unpaired) electrons. The van der Waals surface area contributed by atoms with Crippen molar-refractivity contribution >= 4 is 5.91 Å². The van der Waals surface area contributed by atoms with Gasteiger partial charge in [0.05, 0.1) is 11.3 Å². The molecule has 4 nitrogen and oxygen atoms in total. The molecule has 0 aliphatic heterocycles. The molecule has 0 aliphatic carbocycles. The number of hydrogen-bond acceptors (Lipinski definition) is 3.